The first-order valence-corrected chi connectivity index (χ1v) is 6.31. The van der Waals surface area contributed by atoms with Crippen molar-refractivity contribution < 1.29 is 4.74 Å². The Kier molecular flexibility index (Phi) is 4.23. The van der Waals surface area contributed by atoms with Gasteiger partial charge >= 0.3 is 0 Å². The van der Waals surface area contributed by atoms with Crippen LogP contribution in [0.25, 0.3) is 0 Å². The standard InChI is InChI=1S/C13H10Cl3NO/c14-9-1-2-13(17)8(3-9)7-18-12-5-10(15)4-11(16)6-12/h1-6H,7,17H2. The summed E-state index contributed by atoms with van der Waals surface area (Å²) in [7, 11) is 0. The Morgan fingerprint density at radius 3 is 2.22 bits per heavy atom. The quantitative estimate of drug-likeness (QED) is 0.826. The molecule has 0 amide bonds. The molecule has 5 heteroatoms. The fourth-order valence-electron chi connectivity index (χ4n) is 1.47. The topological polar surface area (TPSA) is 35.2 Å². The van der Waals surface area contributed by atoms with Crippen molar-refractivity contribution in [2.45, 2.75) is 6.61 Å². The molecule has 0 atom stereocenters. The second kappa shape index (κ2) is 5.70. The van der Waals surface area contributed by atoms with E-state index < -0.39 is 0 Å². The van der Waals surface area contributed by atoms with Crippen molar-refractivity contribution in [2.75, 3.05) is 5.73 Å². The summed E-state index contributed by atoms with van der Waals surface area (Å²) < 4.78 is 5.58. The molecule has 0 aliphatic heterocycles. The summed E-state index contributed by atoms with van der Waals surface area (Å²) >= 11 is 17.7. The largest absolute Gasteiger partial charge is 0.489 e. The number of hydrogen-bond acceptors (Lipinski definition) is 2. The maximum absolute atomic E-state index is 5.90. The summed E-state index contributed by atoms with van der Waals surface area (Å²) in [6.45, 7) is 0.309. The number of rotatable bonds is 3. The number of benzene rings is 2. The Bertz CT molecular complexity index is 552. The van der Waals surface area contributed by atoms with Crippen LogP contribution in [0.15, 0.2) is 36.4 Å². The molecule has 0 heterocycles. The monoisotopic (exact) mass is 301 g/mol. The minimum Gasteiger partial charge on any atom is -0.489 e. The van der Waals surface area contributed by atoms with Crippen LogP contribution in [-0.2, 0) is 6.61 Å². The Morgan fingerprint density at radius 1 is 0.889 bits per heavy atom. The van der Waals surface area contributed by atoms with E-state index in [0.29, 0.717) is 33.1 Å². The van der Waals surface area contributed by atoms with Gasteiger partial charge in [0.2, 0.25) is 0 Å². The van der Waals surface area contributed by atoms with Crippen LogP contribution in [0.3, 0.4) is 0 Å². The van der Waals surface area contributed by atoms with E-state index in [9.17, 15) is 0 Å². The van der Waals surface area contributed by atoms with Gasteiger partial charge in [0.05, 0.1) is 0 Å². The van der Waals surface area contributed by atoms with E-state index in [1.54, 1.807) is 36.4 Å². The number of hydrogen-bond donors (Lipinski definition) is 1. The van der Waals surface area contributed by atoms with Gasteiger partial charge in [-0.05, 0) is 36.4 Å². The Morgan fingerprint density at radius 2 is 1.56 bits per heavy atom. The van der Waals surface area contributed by atoms with E-state index >= 15 is 0 Å². The highest BCUT2D eigenvalue weighted by atomic mass is 35.5. The van der Waals surface area contributed by atoms with Gasteiger partial charge in [-0.3, -0.25) is 0 Å². The second-order valence-electron chi connectivity index (χ2n) is 3.74. The van der Waals surface area contributed by atoms with E-state index in [1.807, 2.05) is 0 Å². The Hall–Kier alpha value is -1.09. The van der Waals surface area contributed by atoms with Crippen molar-refractivity contribution in [1.82, 2.24) is 0 Å². The van der Waals surface area contributed by atoms with Crippen LogP contribution >= 0.6 is 34.8 Å². The molecule has 0 radical (unpaired) electrons. The molecule has 0 saturated carbocycles. The van der Waals surface area contributed by atoms with Crippen LogP contribution in [0.5, 0.6) is 5.75 Å². The molecule has 0 bridgehead atoms. The summed E-state index contributed by atoms with van der Waals surface area (Å²) in [5.74, 6) is 0.590. The minimum absolute atomic E-state index is 0.309. The highest BCUT2D eigenvalue weighted by Crippen LogP contribution is 2.26. The molecule has 2 N–H and O–H groups in total. The molecule has 2 nitrogen and oxygen atoms in total. The molecule has 0 saturated heterocycles. The molecule has 18 heavy (non-hydrogen) atoms. The molecule has 2 aromatic carbocycles. The van der Waals surface area contributed by atoms with Gasteiger partial charge in [-0.15, -0.1) is 0 Å². The van der Waals surface area contributed by atoms with Crippen molar-refractivity contribution in [3.63, 3.8) is 0 Å². The Balaban J connectivity index is 2.13. The maximum atomic E-state index is 5.90. The number of ether oxygens (including phenoxy) is 1. The predicted octanol–water partition coefficient (Wildman–Crippen LogP) is 4.81. The number of anilines is 1. The van der Waals surface area contributed by atoms with Crippen molar-refractivity contribution in [3.05, 3.63) is 57.0 Å². The van der Waals surface area contributed by atoms with Crippen molar-refractivity contribution in [1.29, 1.82) is 0 Å². The molecule has 0 unspecified atom stereocenters. The van der Waals surface area contributed by atoms with Gasteiger partial charge in [-0.2, -0.15) is 0 Å². The average Bonchev–Trinajstić information content (AvgIpc) is 2.29. The zero-order valence-electron chi connectivity index (χ0n) is 9.29. The number of nitrogen functional groups attached to an aromatic ring is 1. The molecule has 0 aliphatic carbocycles. The lowest BCUT2D eigenvalue weighted by Crippen LogP contribution is -2.00. The molecule has 0 aliphatic rings. The summed E-state index contributed by atoms with van der Waals surface area (Å²) in [5.41, 5.74) is 7.27. The van der Waals surface area contributed by atoms with Crippen molar-refractivity contribution >= 4 is 40.5 Å². The van der Waals surface area contributed by atoms with Crippen LogP contribution in [0.4, 0.5) is 5.69 Å². The van der Waals surface area contributed by atoms with Crippen LogP contribution in [-0.4, -0.2) is 0 Å². The second-order valence-corrected chi connectivity index (χ2v) is 5.05. The summed E-state index contributed by atoms with van der Waals surface area (Å²) in [5, 5.41) is 1.67. The highest BCUT2D eigenvalue weighted by Gasteiger charge is 2.03. The van der Waals surface area contributed by atoms with Crippen LogP contribution in [0.2, 0.25) is 15.1 Å². The first-order chi connectivity index (χ1) is 8.54. The molecule has 0 aromatic heterocycles. The lowest BCUT2D eigenvalue weighted by Gasteiger charge is -2.09. The third-order valence-corrected chi connectivity index (χ3v) is 3.01. The van der Waals surface area contributed by atoms with Crippen molar-refractivity contribution in [2.24, 2.45) is 0 Å². The summed E-state index contributed by atoms with van der Waals surface area (Å²) in [4.78, 5) is 0. The molecular formula is C13H10Cl3NO. The molecule has 0 spiro atoms. The van der Waals surface area contributed by atoms with Crippen LogP contribution < -0.4 is 10.5 Å². The van der Waals surface area contributed by atoms with Gasteiger partial charge in [-0.1, -0.05) is 34.8 Å². The zero-order chi connectivity index (χ0) is 13.1. The third kappa shape index (κ3) is 3.45. The van der Waals surface area contributed by atoms with E-state index in [-0.39, 0.29) is 0 Å². The van der Waals surface area contributed by atoms with E-state index in [1.165, 1.54) is 0 Å². The van der Waals surface area contributed by atoms with Gasteiger partial charge in [0.25, 0.3) is 0 Å². The number of halogens is 3. The van der Waals surface area contributed by atoms with Gasteiger partial charge in [0.1, 0.15) is 12.4 Å². The lowest BCUT2D eigenvalue weighted by molar-refractivity contribution is 0.307. The molecule has 2 aromatic rings. The smallest absolute Gasteiger partial charge is 0.122 e. The van der Waals surface area contributed by atoms with Gasteiger partial charge in [0.15, 0.2) is 0 Å². The van der Waals surface area contributed by atoms with Crippen LogP contribution in [0.1, 0.15) is 5.56 Å². The molecule has 2 rings (SSSR count). The minimum atomic E-state index is 0.309. The van der Waals surface area contributed by atoms with Gasteiger partial charge in [-0.25, -0.2) is 0 Å². The first kappa shape index (κ1) is 13.3. The third-order valence-electron chi connectivity index (χ3n) is 2.34. The van der Waals surface area contributed by atoms with E-state index in [2.05, 4.69) is 0 Å². The predicted molar refractivity (Wildman–Crippen MR) is 76.7 cm³/mol. The van der Waals surface area contributed by atoms with E-state index in [0.717, 1.165) is 5.56 Å². The number of nitrogens with two attached hydrogens (primary N) is 1. The average molecular weight is 303 g/mol. The highest BCUT2D eigenvalue weighted by molar-refractivity contribution is 6.34. The molecule has 0 fully saturated rings. The van der Waals surface area contributed by atoms with Gasteiger partial charge < -0.3 is 10.5 Å². The fraction of sp³-hybridized carbons (Fsp3) is 0.0769. The maximum Gasteiger partial charge on any atom is 0.122 e. The van der Waals surface area contributed by atoms with Gasteiger partial charge in [0, 0.05) is 26.3 Å². The fourth-order valence-corrected chi connectivity index (χ4v) is 2.17. The Labute approximate surface area is 120 Å². The lowest BCUT2D eigenvalue weighted by atomic mass is 10.2. The normalized spacial score (nSPS) is 10.4. The SMILES string of the molecule is Nc1ccc(Cl)cc1COc1cc(Cl)cc(Cl)c1. The molecular weight excluding hydrogens is 293 g/mol. The zero-order valence-corrected chi connectivity index (χ0v) is 11.6. The van der Waals surface area contributed by atoms with Crippen molar-refractivity contribution in [3.8, 4) is 5.75 Å². The summed E-state index contributed by atoms with van der Waals surface area (Å²) in [6.07, 6.45) is 0. The van der Waals surface area contributed by atoms with E-state index in [4.69, 9.17) is 45.3 Å². The van der Waals surface area contributed by atoms with Crippen LogP contribution in [0, 0.1) is 0 Å². The first-order valence-electron chi connectivity index (χ1n) is 5.17. The molecule has 94 valence electrons. The summed E-state index contributed by atoms with van der Waals surface area (Å²) in [6, 6.07) is 10.3.